The van der Waals surface area contributed by atoms with E-state index in [1.807, 2.05) is 5.32 Å². The van der Waals surface area contributed by atoms with E-state index in [2.05, 4.69) is 29.5 Å². The fourth-order valence-electron chi connectivity index (χ4n) is 1.49. The van der Waals surface area contributed by atoms with Crippen LogP contribution in [0.25, 0.3) is 0 Å². The molecule has 1 rings (SSSR count). The zero-order chi connectivity index (χ0) is 17.2. The molecule has 128 valence electrons. The highest BCUT2D eigenvalue weighted by Crippen LogP contribution is 2.16. The van der Waals surface area contributed by atoms with Crippen molar-refractivity contribution in [3.05, 3.63) is 11.1 Å². The fourth-order valence-corrected chi connectivity index (χ4v) is 2.20. The second kappa shape index (κ2) is 9.78. The molecule has 0 unspecified atom stereocenters. The lowest BCUT2D eigenvalue weighted by molar-refractivity contribution is -0.123. The molecule has 0 saturated carbocycles. The summed E-state index contributed by atoms with van der Waals surface area (Å²) in [5.74, 6) is -0.825. The van der Waals surface area contributed by atoms with Gasteiger partial charge in [-0.3, -0.25) is 10.1 Å². The Labute approximate surface area is 139 Å². The number of urea groups is 1. The van der Waals surface area contributed by atoms with Crippen molar-refractivity contribution in [1.29, 1.82) is 0 Å². The predicted octanol–water partition coefficient (Wildman–Crippen LogP) is 1.60. The number of hydrogen-bond acceptors (Lipinski definition) is 7. The van der Waals surface area contributed by atoms with Crippen LogP contribution in [-0.4, -0.2) is 42.6 Å². The maximum Gasteiger partial charge on any atom is 0.358 e. The molecule has 0 bridgehead atoms. The Morgan fingerprint density at radius 3 is 2.74 bits per heavy atom. The molecule has 0 aliphatic heterocycles. The molecule has 0 aliphatic carbocycles. The number of hydrogen-bond donors (Lipinski definition) is 3. The summed E-state index contributed by atoms with van der Waals surface area (Å²) in [5, 5.41) is 9.74. The lowest BCUT2D eigenvalue weighted by atomic mass is 10.1. The lowest BCUT2D eigenvalue weighted by Gasteiger charge is -2.05. The van der Waals surface area contributed by atoms with E-state index in [0.29, 0.717) is 17.6 Å². The van der Waals surface area contributed by atoms with Crippen LogP contribution in [0.3, 0.4) is 0 Å². The van der Waals surface area contributed by atoms with E-state index in [0.717, 1.165) is 13.0 Å². The Bertz CT molecular complexity index is 545. The Balaban J connectivity index is 2.36. The standard InChI is InChI=1S/C14H22N4O4S/c1-4-15-13(21)18-11(19)7-22-12(20)10-8-23-14(17-10)16-6-5-9(2)3/h8-9H,4-7H2,1-3H3,(H,16,17)(H2,15,18,19,21). The van der Waals surface area contributed by atoms with Crippen LogP contribution in [-0.2, 0) is 9.53 Å². The number of thiazole rings is 1. The summed E-state index contributed by atoms with van der Waals surface area (Å²) in [6, 6.07) is -0.626. The number of rotatable bonds is 8. The first kappa shape index (κ1) is 18.9. The van der Waals surface area contributed by atoms with Gasteiger partial charge in [0, 0.05) is 18.5 Å². The molecular formula is C14H22N4O4S. The van der Waals surface area contributed by atoms with Crippen molar-refractivity contribution in [2.75, 3.05) is 25.0 Å². The minimum Gasteiger partial charge on any atom is -0.451 e. The summed E-state index contributed by atoms with van der Waals surface area (Å²) in [4.78, 5) is 38.4. The Morgan fingerprint density at radius 1 is 1.35 bits per heavy atom. The smallest absolute Gasteiger partial charge is 0.358 e. The number of anilines is 1. The van der Waals surface area contributed by atoms with Gasteiger partial charge < -0.3 is 15.4 Å². The van der Waals surface area contributed by atoms with E-state index < -0.39 is 24.5 Å². The number of carbonyl (C=O) groups excluding carboxylic acids is 3. The third-order valence-electron chi connectivity index (χ3n) is 2.64. The van der Waals surface area contributed by atoms with Gasteiger partial charge in [-0.25, -0.2) is 14.6 Å². The van der Waals surface area contributed by atoms with Gasteiger partial charge in [-0.2, -0.15) is 0 Å². The van der Waals surface area contributed by atoms with Crippen molar-refractivity contribution in [2.45, 2.75) is 27.2 Å². The normalized spacial score (nSPS) is 10.3. The van der Waals surface area contributed by atoms with Gasteiger partial charge in [-0.15, -0.1) is 11.3 Å². The van der Waals surface area contributed by atoms with Gasteiger partial charge in [-0.1, -0.05) is 13.8 Å². The lowest BCUT2D eigenvalue weighted by Crippen LogP contribution is -2.41. The molecule has 0 fully saturated rings. The highest BCUT2D eigenvalue weighted by molar-refractivity contribution is 7.13. The Kier molecular flexibility index (Phi) is 8.03. The number of imide groups is 1. The third-order valence-corrected chi connectivity index (χ3v) is 3.44. The van der Waals surface area contributed by atoms with Crippen molar-refractivity contribution < 1.29 is 19.1 Å². The van der Waals surface area contributed by atoms with Gasteiger partial charge in [0.15, 0.2) is 17.4 Å². The molecule has 0 spiro atoms. The molecule has 1 heterocycles. The third kappa shape index (κ3) is 7.59. The first-order valence-corrected chi connectivity index (χ1v) is 8.24. The molecule has 9 heteroatoms. The predicted molar refractivity (Wildman–Crippen MR) is 87.6 cm³/mol. The van der Waals surface area contributed by atoms with Crippen LogP contribution < -0.4 is 16.0 Å². The largest absolute Gasteiger partial charge is 0.451 e. The molecule has 0 radical (unpaired) electrons. The molecule has 0 aliphatic rings. The van der Waals surface area contributed by atoms with Gasteiger partial charge in [-0.05, 0) is 19.3 Å². The molecule has 0 saturated heterocycles. The number of nitrogens with zero attached hydrogens (tertiary/aromatic N) is 1. The van der Waals surface area contributed by atoms with Crippen LogP contribution in [0.15, 0.2) is 5.38 Å². The van der Waals surface area contributed by atoms with Crippen LogP contribution in [0.2, 0.25) is 0 Å². The van der Waals surface area contributed by atoms with Crippen molar-refractivity contribution in [1.82, 2.24) is 15.6 Å². The second-order valence-corrected chi connectivity index (χ2v) is 5.99. The molecule has 0 aromatic carbocycles. The highest BCUT2D eigenvalue weighted by Gasteiger charge is 2.15. The molecule has 8 nitrogen and oxygen atoms in total. The van der Waals surface area contributed by atoms with Gasteiger partial charge in [0.2, 0.25) is 0 Å². The molecule has 23 heavy (non-hydrogen) atoms. The molecular weight excluding hydrogens is 320 g/mol. The van der Waals surface area contributed by atoms with Gasteiger partial charge in [0.1, 0.15) is 0 Å². The SMILES string of the molecule is CCNC(=O)NC(=O)COC(=O)c1csc(NCCC(C)C)n1. The highest BCUT2D eigenvalue weighted by atomic mass is 32.1. The van der Waals surface area contributed by atoms with Gasteiger partial charge in [0.05, 0.1) is 0 Å². The Hall–Kier alpha value is -2.16. The Morgan fingerprint density at radius 2 is 2.09 bits per heavy atom. The average Bonchev–Trinajstić information content (AvgIpc) is 2.93. The summed E-state index contributed by atoms with van der Waals surface area (Å²) < 4.78 is 4.81. The summed E-state index contributed by atoms with van der Waals surface area (Å²) in [6.45, 7) is 6.60. The van der Waals surface area contributed by atoms with Crippen LogP contribution in [0.4, 0.5) is 9.93 Å². The van der Waals surface area contributed by atoms with Crippen molar-refractivity contribution >= 4 is 34.4 Å². The summed E-state index contributed by atoms with van der Waals surface area (Å²) in [5.41, 5.74) is 0.132. The van der Waals surface area contributed by atoms with Crippen LogP contribution in [0.5, 0.6) is 0 Å². The number of nitrogens with one attached hydrogen (secondary N) is 3. The van der Waals surface area contributed by atoms with Crippen molar-refractivity contribution in [2.24, 2.45) is 5.92 Å². The minimum absolute atomic E-state index is 0.132. The summed E-state index contributed by atoms with van der Waals surface area (Å²) >= 11 is 1.29. The van der Waals surface area contributed by atoms with Crippen LogP contribution in [0, 0.1) is 5.92 Å². The van der Waals surface area contributed by atoms with Crippen molar-refractivity contribution in [3.63, 3.8) is 0 Å². The van der Waals surface area contributed by atoms with E-state index >= 15 is 0 Å². The van der Waals surface area contributed by atoms with Crippen LogP contribution >= 0.6 is 11.3 Å². The van der Waals surface area contributed by atoms with Gasteiger partial charge in [0.25, 0.3) is 5.91 Å². The second-order valence-electron chi connectivity index (χ2n) is 5.13. The number of esters is 1. The number of amides is 3. The summed E-state index contributed by atoms with van der Waals surface area (Å²) in [7, 11) is 0. The minimum atomic E-state index is -0.704. The zero-order valence-electron chi connectivity index (χ0n) is 13.5. The van der Waals surface area contributed by atoms with E-state index in [-0.39, 0.29) is 5.69 Å². The number of carbonyl (C=O) groups is 3. The molecule has 1 aromatic rings. The van der Waals surface area contributed by atoms with Crippen LogP contribution in [0.1, 0.15) is 37.7 Å². The topological polar surface area (TPSA) is 109 Å². The fraction of sp³-hybridized carbons (Fsp3) is 0.571. The maximum atomic E-state index is 11.8. The molecule has 1 aromatic heterocycles. The molecule has 3 amide bonds. The number of ether oxygens (including phenoxy) is 1. The molecule has 3 N–H and O–H groups in total. The summed E-state index contributed by atoms with van der Waals surface area (Å²) in [6.07, 6.45) is 0.999. The molecule has 0 atom stereocenters. The quantitative estimate of drug-likeness (QED) is 0.619. The first-order valence-electron chi connectivity index (χ1n) is 7.36. The van der Waals surface area contributed by atoms with E-state index in [9.17, 15) is 14.4 Å². The van der Waals surface area contributed by atoms with Crippen molar-refractivity contribution in [3.8, 4) is 0 Å². The zero-order valence-corrected chi connectivity index (χ0v) is 14.3. The van der Waals surface area contributed by atoms with Gasteiger partial charge >= 0.3 is 12.0 Å². The van der Waals surface area contributed by atoms with E-state index in [1.165, 1.54) is 11.3 Å². The first-order chi connectivity index (χ1) is 10.9. The monoisotopic (exact) mass is 342 g/mol. The van der Waals surface area contributed by atoms with E-state index in [4.69, 9.17) is 4.74 Å². The number of aromatic nitrogens is 1. The average molecular weight is 342 g/mol. The maximum absolute atomic E-state index is 11.8. The van der Waals surface area contributed by atoms with E-state index in [1.54, 1.807) is 12.3 Å².